The van der Waals surface area contributed by atoms with Crippen molar-refractivity contribution in [3.8, 4) is 11.1 Å². The lowest BCUT2D eigenvalue weighted by molar-refractivity contribution is 0.0827. The fourth-order valence-electron chi connectivity index (χ4n) is 4.56. The number of urea groups is 1. The number of carbonyl (C=O) groups is 2. The van der Waals surface area contributed by atoms with Crippen LogP contribution in [0.5, 0.6) is 0 Å². The van der Waals surface area contributed by atoms with E-state index in [4.69, 9.17) is 0 Å². The molecular formula is C30H30N6O2. The van der Waals surface area contributed by atoms with Gasteiger partial charge in [0.1, 0.15) is 5.82 Å². The van der Waals surface area contributed by atoms with E-state index in [1.165, 1.54) is 0 Å². The second kappa shape index (κ2) is 10.7. The third kappa shape index (κ3) is 5.20. The van der Waals surface area contributed by atoms with E-state index in [9.17, 15) is 9.59 Å². The zero-order chi connectivity index (χ0) is 26.6. The molecule has 5 rings (SSSR count). The van der Waals surface area contributed by atoms with Gasteiger partial charge in [-0.2, -0.15) is 0 Å². The van der Waals surface area contributed by atoms with Gasteiger partial charge in [0.25, 0.3) is 5.91 Å². The molecular weight excluding hydrogens is 476 g/mol. The van der Waals surface area contributed by atoms with Crippen molar-refractivity contribution in [1.29, 1.82) is 0 Å². The summed E-state index contributed by atoms with van der Waals surface area (Å²) in [5, 5.41) is 3.28. The highest BCUT2D eigenvalue weighted by Crippen LogP contribution is 2.29. The van der Waals surface area contributed by atoms with Crippen LogP contribution in [0, 0.1) is 0 Å². The molecule has 3 amide bonds. The number of benzene rings is 2. The molecule has 4 aromatic rings. The second-order valence-corrected chi connectivity index (χ2v) is 9.48. The quantitative estimate of drug-likeness (QED) is 0.353. The summed E-state index contributed by atoms with van der Waals surface area (Å²) in [5.74, 6) is 0.637. The van der Waals surface area contributed by atoms with E-state index in [2.05, 4.69) is 22.2 Å². The Bertz CT molecular complexity index is 1420. The van der Waals surface area contributed by atoms with Crippen molar-refractivity contribution in [2.24, 2.45) is 0 Å². The van der Waals surface area contributed by atoms with Gasteiger partial charge in [-0.1, -0.05) is 42.5 Å². The van der Waals surface area contributed by atoms with E-state index in [0.717, 1.165) is 28.1 Å². The van der Waals surface area contributed by atoms with Gasteiger partial charge in [-0.05, 0) is 48.4 Å². The topological polar surface area (TPSA) is 81.7 Å². The van der Waals surface area contributed by atoms with Gasteiger partial charge in [-0.3, -0.25) is 14.7 Å². The van der Waals surface area contributed by atoms with Crippen molar-refractivity contribution in [2.75, 3.05) is 37.4 Å². The van der Waals surface area contributed by atoms with Crippen LogP contribution < -0.4 is 10.2 Å². The first-order valence-electron chi connectivity index (χ1n) is 12.5. The van der Waals surface area contributed by atoms with Crippen LogP contribution in [0.15, 0.2) is 91.4 Å². The first kappa shape index (κ1) is 25.0. The van der Waals surface area contributed by atoms with Crippen molar-refractivity contribution in [2.45, 2.75) is 13.0 Å². The fraction of sp³-hybridized carbons (Fsp3) is 0.200. The number of pyridine rings is 2. The molecule has 2 aromatic heterocycles. The van der Waals surface area contributed by atoms with Crippen molar-refractivity contribution in [3.05, 3.63) is 103 Å². The zero-order valence-corrected chi connectivity index (χ0v) is 21.7. The molecule has 1 aliphatic rings. The largest absolute Gasteiger partial charge is 0.345 e. The van der Waals surface area contributed by atoms with E-state index in [0.29, 0.717) is 24.5 Å². The summed E-state index contributed by atoms with van der Waals surface area (Å²) in [6.07, 6.45) is 5.21. The molecule has 1 N–H and O–H groups in total. The Morgan fingerprint density at radius 3 is 2.34 bits per heavy atom. The molecule has 3 heterocycles. The van der Waals surface area contributed by atoms with Crippen molar-refractivity contribution < 1.29 is 9.59 Å². The van der Waals surface area contributed by atoms with Crippen LogP contribution in [0.3, 0.4) is 0 Å². The molecule has 0 spiro atoms. The summed E-state index contributed by atoms with van der Waals surface area (Å²) in [6.45, 7) is 3.31. The molecule has 1 atom stereocenters. The maximum Gasteiger partial charge on any atom is 0.325 e. The number of nitrogens with one attached hydrogen (secondary N) is 1. The molecule has 8 nitrogen and oxygen atoms in total. The average molecular weight is 507 g/mol. The van der Waals surface area contributed by atoms with Crippen LogP contribution in [-0.4, -0.2) is 58.9 Å². The SMILES string of the molecule is C[C@H](c1ccccc1)N1CCN(c2cncc(Nc3ccc(-c4ccc(C(=O)N(C)C)cc4)cn3)c2)C1=O. The Balaban J connectivity index is 1.25. The van der Waals surface area contributed by atoms with Gasteiger partial charge >= 0.3 is 6.03 Å². The molecule has 8 heteroatoms. The molecule has 0 aliphatic carbocycles. The summed E-state index contributed by atoms with van der Waals surface area (Å²) >= 11 is 0. The van der Waals surface area contributed by atoms with E-state index >= 15 is 0 Å². The molecule has 1 aliphatic heterocycles. The van der Waals surface area contributed by atoms with Gasteiger partial charge in [0.2, 0.25) is 0 Å². The molecule has 0 radical (unpaired) electrons. The summed E-state index contributed by atoms with van der Waals surface area (Å²) in [4.78, 5) is 39.4. The molecule has 0 bridgehead atoms. The van der Waals surface area contributed by atoms with Gasteiger partial charge in [0.15, 0.2) is 0 Å². The van der Waals surface area contributed by atoms with E-state index in [1.807, 2.05) is 77.7 Å². The van der Waals surface area contributed by atoms with Crippen molar-refractivity contribution in [1.82, 2.24) is 19.8 Å². The van der Waals surface area contributed by atoms with E-state index in [1.54, 1.807) is 42.5 Å². The van der Waals surface area contributed by atoms with Gasteiger partial charge in [-0.15, -0.1) is 0 Å². The maximum atomic E-state index is 13.2. The van der Waals surface area contributed by atoms with Crippen LogP contribution in [0.2, 0.25) is 0 Å². The predicted octanol–water partition coefficient (Wildman–Crippen LogP) is 5.59. The summed E-state index contributed by atoms with van der Waals surface area (Å²) in [7, 11) is 3.47. The summed E-state index contributed by atoms with van der Waals surface area (Å²) in [6, 6.07) is 23.3. The molecule has 1 fully saturated rings. The Hall–Kier alpha value is -4.72. The summed E-state index contributed by atoms with van der Waals surface area (Å²) < 4.78 is 0. The van der Waals surface area contributed by atoms with Crippen molar-refractivity contribution in [3.63, 3.8) is 0 Å². The van der Waals surface area contributed by atoms with Gasteiger partial charge in [0.05, 0.1) is 29.8 Å². The van der Waals surface area contributed by atoms with E-state index in [-0.39, 0.29) is 18.0 Å². The van der Waals surface area contributed by atoms with Gasteiger partial charge in [-0.25, -0.2) is 9.78 Å². The minimum Gasteiger partial charge on any atom is -0.345 e. The lowest BCUT2D eigenvalue weighted by atomic mass is 10.1. The third-order valence-electron chi connectivity index (χ3n) is 6.73. The zero-order valence-electron chi connectivity index (χ0n) is 21.7. The standard InChI is InChI=1S/C30H30N6O2/c1-21(22-7-5-4-6-8-22)35-15-16-36(30(35)38)27-17-26(19-31-20-27)33-28-14-13-25(18-32-28)23-9-11-24(12-10-23)29(37)34(2)3/h4-14,17-21H,15-16H2,1-3H3,(H,32,33)/t21-/m1/s1. The predicted molar refractivity (Wildman–Crippen MR) is 150 cm³/mol. The van der Waals surface area contributed by atoms with Crippen LogP contribution in [0.1, 0.15) is 28.9 Å². The molecule has 1 saturated heterocycles. The van der Waals surface area contributed by atoms with E-state index < -0.39 is 0 Å². The number of aromatic nitrogens is 2. The Kier molecular flexibility index (Phi) is 7.04. The van der Waals surface area contributed by atoms with Crippen LogP contribution >= 0.6 is 0 Å². The highest BCUT2D eigenvalue weighted by atomic mass is 16.2. The van der Waals surface area contributed by atoms with Gasteiger partial charge < -0.3 is 15.1 Å². The molecule has 0 unspecified atom stereocenters. The van der Waals surface area contributed by atoms with Crippen LogP contribution in [0.25, 0.3) is 11.1 Å². The maximum absolute atomic E-state index is 13.2. The van der Waals surface area contributed by atoms with Crippen LogP contribution in [-0.2, 0) is 0 Å². The normalized spacial score (nSPS) is 13.9. The highest BCUT2D eigenvalue weighted by Gasteiger charge is 2.33. The minimum absolute atomic E-state index is 0.00430. The number of hydrogen-bond donors (Lipinski definition) is 1. The lowest BCUT2D eigenvalue weighted by Crippen LogP contribution is -2.33. The smallest absolute Gasteiger partial charge is 0.325 e. The number of rotatable bonds is 7. The Morgan fingerprint density at radius 2 is 1.66 bits per heavy atom. The molecule has 38 heavy (non-hydrogen) atoms. The average Bonchev–Trinajstić information content (AvgIpc) is 3.34. The molecule has 0 saturated carbocycles. The summed E-state index contributed by atoms with van der Waals surface area (Å²) in [5.41, 5.74) is 5.17. The third-order valence-corrected chi connectivity index (χ3v) is 6.73. The Labute approximate surface area is 222 Å². The van der Waals surface area contributed by atoms with Crippen molar-refractivity contribution >= 4 is 29.1 Å². The second-order valence-electron chi connectivity index (χ2n) is 9.48. The number of anilines is 3. The van der Waals surface area contributed by atoms with Gasteiger partial charge in [0, 0.05) is 44.5 Å². The molecule has 192 valence electrons. The minimum atomic E-state index is -0.0286. The first-order valence-corrected chi connectivity index (χ1v) is 12.5. The number of nitrogens with zero attached hydrogens (tertiary/aromatic N) is 5. The fourth-order valence-corrected chi connectivity index (χ4v) is 4.56. The Morgan fingerprint density at radius 1 is 0.921 bits per heavy atom. The highest BCUT2D eigenvalue weighted by molar-refractivity contribution is 5.95. The number of carbonyl (C=O) groups excluding carboxylic acids is 2. The molecule has 2 aromatic carbocycles. The number of hydrogen-bond acceptors (Lipinski definition) is 5. The first-order chi connectivity index (χ1) is 18.4. The monoisotopic (exact) mass is 506 g/mol. The lowest BCUT2D eigenvalue weighted by Gasteiger charge is -2.25. The van der Waals surface area contributed by atoms with Crippen LogP contribution in [0.4, 0.5) is 22.0 Å². The number of amides is 3.